The third-order valence-electron chi connectivity index (χ3n) is 5.25. The fourth-order valence-electron chi connectivity index (χ4n) is 3.99. The van der Waals surface area contributed by atoms with Crippen molar-refractivity contribution in [2.75, 3.05) is 19.6 Å². The molecule has 3 rings (SSSR count). The van der Waals surface area contributed by atoms with Gasteiger partial charge in [-0.2, -0.15) is 0 Å². The summed E-state index contributed by atoms with van der Waals surface area (Å²) in [5.41, 5.74) is 1.38. The maximum absolute atomic E-state index is 13.4. The zero-order valence-corrected chi connectivity index (χ0v) is 16.9. The summed E-state index contributed by atoms with van der Waals surface area (Å²) in [7, 11) is 0. The maximum Gasteiger partial charge on any atom is 0.277 e. The molecule has 152 valence electrons. The summed E-state index contributed by atoms with van der Waals surface area (Å²) in [6.07, 6.45) is 3.89. The van der Waals surface area contributed by atoms with Crippen LogP contribution in [0, 0.1) is 5.82 Å². The van der Waals surface area contributed by atoms with E-state index < -0.39 is 0 Å². The van der Waals surface area contributed by atoms with Crippen LogP contribution in [0.15, 0.2) is 30.0 Å². The molecule has 0 bridgehead atoms. The van der Waals surface area contributed by atoms with Crippen molar-refractivity contribution >= 4 is 17.4 Å². The first-order chi connectivity index (χ1) is 13.4. The molecular formula is C22H29FN2O3. The smallest absolute Gasteiger partial charge is 0.277 e. The van der Waals surface area contributed by atoms with Crippen molar-refractivity contribution in [3.63, 3.8) is 0 Å². The molecule has 1 aromatic rings. The molecule has 5 nitrogen and oxygen atoms in total. The normalized spacial score (nSPS) is 23.1. The lowest BCUT2D eigenvalue weighted by Crippen LogP contribution is -2.47. The average Bonchev–Trinajstić information content (AvgIpc) is 2.89. The van der Waals surface area contributed by atoms with Crippen molar-refractivity contribution < 1.29 is 18.7 Å². The van der Waals surface area contributed by atoms with E-state index in [9.17, 15) is 14.0 Å². The summed E-state index contributed by atoms with van der Waals surface area (Å²) in [5.74, 6) is -0.898. The number of rotatable bonds is 7. The molecule has 1 aromatic carbocycles. The molecular weight excluding hydrogens is 359 g/mol. The van der Waals surface area contributed by atoms with E-state index >= 15 is 0 Å². The molecule has 2 atom stereocenters. The van der Waals surface area contributed by atoms with Crippen LogP contribution in [0.25, 0.3) is 5.57 Å². The molecule has 0 N–H and O–H groups in total. The van der Waals surface area contributed by atoms with Crippen LogP contribution in [0.4, 0.5) is 4.39 Å². The predicted molar refractivity (Wildman–Crippen MR) is 106 cm³/mol. The lowest BCUT2D eigenvalue weighted by atomic mass is 10.0. The number of unbranched alkanes of at least 4 members (excludes halogenated alkanes) is 3. The first-order valence-electron chi connectivity index (χ1n) is 10.2. The van der Waals surface area contributed by atoms with E-state index in [0.717, 1.165) is 25.7 Å². The maximum atomic E-state index is 13.4. The number of carbonyl (C=O) groups excluding carboxylic acids is 2. The highest BCUT2D eigenvalue weighted by Gasteiger charge is 2.42. The van der Waals surface area contributed by atoms with Gasteiger partial charge in [-0.15, -0.1) is 0 Å². The van der Waals surface area contributed by atoms with E-state index in [0.29, 0.717) is 36.5 Å². The van der Waals surface area contributed by atoms with E-state index in [4.69, 9.17) is 4.74 Å². The van der Waals surface area contributed by atoms with Crippen LogP contribution in [0.2, 0.25) is 0 Å². The molecule has 0 saturated carbocycles. The first kappa shape index (κ1) is 20.5. The molecule has 1 saturated heterocycles. The third kappa shape index (κ3) is 4.27. The predicted octanol–water partition coefficient (Wildman–Crippen LogP) is 3.60. The van der Waals surface area contributed by atoms with Gasteiger partial charge in [0.25, 0.3) is 11.8 Å². The van der Waals surface area contributed by atoms with Gasteiger partial charge in [-0.25, -0.2) is 4.39 Å². The van der Waals surface area contributed by atoms with Crippen LogP contribution in [-0.4, -0.2) is 53.5 Å². The largest absolute Gasteiger partial charge is 0.372 e. The topological polar surface area (TPSA) is 49.9 Å². The Morgan fingerprint density at radius 2 is 1.64 bits per heavy atom. The third-order valence-corrected chi connectivity index (χ3v) is 5.25. The molecule has 0 radical (unpaired) electrons. The van der Waals surface area contributed by atoms with Gasteiger partial charge in [-0.1, -0.05) is 38.3 Å². The molecule has 2 unspecified atom stereocenters. The van der Waals surface area contributed by atoms with Crippen LogP contribution in [0.1, 0.15) is 52.0 Å². The Balaban J connectivity index is 1.94. The Labute approximate surface area is 166 Å². The van der Waals surface area contributed by atoms with Gasteiger partial charge in [0.1, 0.15) is 11.5 Å². The molecule has 2 aliphatic heterocycles. The van der Waals surface area contributed by atoms with E-state index in [-0.39, 0.29) is 29.8 Å². The number of carbonyl (C=O) groups is 2. The standard InChI is InChI=1S/C22H29FN2O3/c1-4-5-6-7-12-25-21(26)19(17-8-10-18(23)11-9-17)20(22(25)27)24-13-15(2)28-16(3)14-24/h8-11,15-16H,4-7,12-14H2,1-3H3. The number of imide groups is 1. The number of halogens is 1. The number of nitrogens with zero attached hydrogens (tertiary/aromatic N) is 2. The minimum absolute atomic E-state index is 0.0350. The number of hydrogen-bond donors (Lipinski definition) is 0. The van der Waals surface area contributed by atoms with Crippen LogP contribution in [-0.2, 0) is 14.3 Å². The Morgan fingerprint density at radius 3 is 2.25 bits per heavy atom. The SMILES string of the molecule is CCCCCCN1C(=O)C(c2ccc(F)cc2)=C(N2CC(C)OC(C)C2)C1=O. The summed E-state index contributed by atoms with van der Waals surface area (Å²) >= 11 is 0. The Morgan fingerprint density at radius 1 is 1.00 bits per heavy atom. The Bertz CT molecular complexity index is 750. The van der Waals surface area contributed by atoms with Crippen LogP contribution < -0.4 is 0 Å². The van der Waals surface area contributed by atoms with Gasteiger partial charge in [-0.05, 0) is 38.0 Å². The van der Waals surface area contributed by atoms with Gasteiger partial charge < -0.3 is 9.64 Å². The van der Waals surface area contributed by atoms with Gasteiger partial charge in [-0.3, -0.25) is 14.5 Å². The second-order valence-corrected chi connectivity index (χ2v) is 7.72. The molecule has 0 spiro atoms. The molecule has 2 heterocycles. The lowest BCUT2D eigenvalue weighted by Gasteiger charge is -2.37. The number of morpholine rings is 1. The van der Waals surface area contributed by atoms with E-state index in [1.165, 1.54) is 17.0 Å². The summed E-state index contributed by atoms with van der Waals surface area (Å²) in [6.45, 7) is 7.57. The average molecular weight is 388 g/mol. The zero-order valence-electron chi connectivity index (χ0n) is 16.9. The van der Waals surface area contributed by atoms with Crippen molar-refractivity contribution in [3.8, 4) is 0 Å². The van der Waals surface area contributed by atoms with Gasteiger partial charge in [0.05, 0.1) is 17.8 Å². The quantitative estimate of drug-likeness (QED) is 0.529. The molecule has 0 aliphatic carbocycles. The van der Waals surface area contributed by atoms with Crippen molar-refractivity contribution in [3.05, 3.63) is 41.3 Å². The number of benzene rings is 1. The van der Waals surface area contributed by atoms with E-state index in [1.54, 1.807) is 12.1 Å². The zero-order chi connectivity index (χ0) is 20.3. The summed E-state index contributed by atoms with van der Waals surface area (Å²) < 4.78 is 19.2. The molecule has 1 fully saturated rings. The number of hydrogen-bond acceptors (Lipinski definition) is 4. The Kier molecular flexibility index (Phi) is 6.50. The van der Waals surface area contributed by atoms with Crippen molar-refractivity contribution in [2.45, 2.75) is 58.7 Å². The van der Waals surface area contributed by atoms with Crippen molar-refractivity contribution in [2.24, 2.45) is 0 Å². The fraction of sp³-hybridized carbons (Fsp3) is 0.545. The molecule has 2 amide bonds. The van der Waals surface area contributed by atoms with Crippen molar-refractivity contribution in [1.82, 2.24) is 9.80 Å². The number of ether oxygens (including phenoxy) is 1. The highest BCUT2D eigenvalue weighted by molar-refractivity contribution is 6.35. The van der Waals surface area contributed by atoms with Gasteiger partial charge in [0, 0.05) is 19.6 Å². The van der Waals surface area contributed by atoms with Gasteiger partial charge in [0.15, 0.2) is 0 Å². The van der Waals surface area contributed by atoms with Crippen LogP contribution >= 0.6 is 0 Å². The lowest BCUT2D eigenvalue weighted by molar-refractivity contribution is -0.138. The summed E-state index contributed by atoms with van der Waals surface area (Å²) in [5, 5.41) is 0. The first-order valence-corrected chi connectivity index (χ1v) is 10.2. The second kappa shape index (κ2) is 8.86. The molecule has 2 aliphatic rings. The Hall–Kier alpha value is -2.21. The summed E-state index contributed by atoms with van der Waals surface area (Å²) in [6, 6.07) is 5.80. The van der Waals surface area contributed by atoms with Crippen LogP contribution in [0.5, 0.6) is 0 Å². The van der Waals surface area contributed by atoms with E-state index in [1.807, 2.05) is 18.7 Å². The van der Waals surface area contributed by atoms with Gasteiger partial charge >= 0.3 is 0 Å². The summed E-state index contributed by atoms with van der Waals surface area (Å²) in [4.78, 5) is 29.7. The molecule has 0 aromatic heterocycles. The highest BCUT2D eigenvalue weighted by atomic mass is 19.1. The van der Waals surface area contributed by atoms with Crippen LogP contribution in [0.3, 0.4) is 0 Å². The highest BCUT2D eigenvalue weighted by Crippen LogP contribution is 2.33. The second-order valence-electron chi connectivity index (χ2n) is 7.72. The number of amides is 2. The fourth-order valence-corrected chi connectivity index (χ4v) is 3.99. The molecule has 6 heteroatoms. The monoisotopic (exact) mass is 388 g/mol. The molecule has 28 heavy (non-hydrogen) atoms. The van der Waals surface area contributed by atoms with Gasteiger partial charge in [0.2, 0.25) is 0 Å². The minimum atomic E-state index is -0.368. The van der Waals surface area contributed by atoms with E-state index in [2.05, 4.69) is 6.92 Å². The minimum Gasteiger partial charge on any atom is -0.372 e. The van der Waals surface area contributed by atoms with Crippen molar-refractivity contribution in [1.29, 1.82) is 0 Å².